The molecule has 0 bridgehead atoms. The summed E-state index contributed by atoms with van der Waals surface area (Å²) in [5.74, 6) is 0. The molecule has 0 amide bonds. The minimum absolute atomic E-state index is 1.08. The fourth-order valence-electron chi connectivity index (χ4n) is 3.06. The highest BCUT2D eigenvalue weighted by molar-refractivity contribution is 5.69. The van der Waals surface area contributed by atoms with Crippen LogP contribution in [-0.2, 0) is 6.42 Å². The Morgan fingerprint density at radius 2 is 1.69 bits per heavy atom. The van der Waals surface area contributed by atoms with Crippen LogP contribution in [0, 0.1) is 0 Å². The van der Waals surface area contributed by atoms with Crippen molar-refractivity contribution in [3.05, 3.63) is 88.2 Å². The van der Waals surface area contributed by atoms with Crippen molar-refractivity contribution < 1.29 is 0 Å². The molecule has 0 fully saturated rings. The molecule has 0 saturated carbocycles. The molecule has 0 N–H and O–H groups in total. The van der Waals surface area contributed by atoms with E-state index in [9.17, 15) is 0 Å². The molecule has 1 nitrogen and oxygen atoms in total. The van der Waals surface area contributed by atoms with Gasteiger partial charge in [-0.1, -0.05) is 62.4 Å². The summed E-state index contributed by atoms with van der Waals surface area (Å²) in [6, 6.07) is 8.90. The lowest BCUT2D eigenvalue weighted by atomic mass is 9.90. The smallest absolute Gasteiger partial charge is 0.0178 e. The first-order valence-corrected chi connectivity index (χ1v) is 9.50. The summed E-state index contributed by atoms with van der Waals surface area (Å²) < 4.78 is 0. The Kier molecular flexibility index (Phi) is 8.92. The van der Waals surface area contributed by atoms with Crippen molar-refractivity contribution >= 4 is 6.08 Å². The van der Waals surface area contributed by atoms with E-state index in [1.807, 2.05) is 0 Å². The number of hydrogen-bond donors (Lipinski definition) is 0. The maximum absolute atomic E-state index is 4.23. The Bertz CT molecular complexity index is 722. The highest BCUT2D eigenvalue weighted by Gasteiger charge is 2.14. The summed E-state index contributed by atoms with van der Waals surface area (Å²) in [7, 11) is 4.16. The molecule has 0 aliphatic carbocycles. The first kappa shape index (κ1) is 21.8. The Balaban J connectivity index is 3.45. The molecule has 0 aromatic heterocycles. The monoisotopic (exact) mass is 349 g/mol. The van der Waals surface area contributed by atoms with Crippen LogP contribution in [0.5, 0.6) is 0 Å². The van der Waals surface area contributed by atoms with Crippen molar-refractivity contribution in [2.75, 3.05) is 14.1 Å². The van der Waals surface area contributed by atoms with Gasteiger partial charge in [-0.25, -0.2) is 0 Å². The number of benzene rings is 1. The summed E-state index contributed by atoms with van der Waals surface area (Å²) in [6.45, 7) is 14.8. The van der Waals surface area contributed by atoms with Crippen LogP contribution in [0.15, 0.2) is 77.1 Å². The fourth-order valence-corrected chi connectivity index (χ4v) is 3.06. The van der Waals surface area contributed by atoms with Gasteiger partial charge in [0.2, 0.25) is 0 Å². The molecule has 0 aliphatic heterocycles. The molecule has 0 atom stereocenters. The number of nitrogens with zero attached hydrogens (tertiary/aromatic N) is 1. The van der Waals surface area contributed by atoms with Gasteiger partial charge >= 0.3 is 0 Å². The number of allylic oxidation sites excluding steroid dienone is 8. The van der Waals surface area contributed by atoms with Gasteiger partial charge in [0.05, 0.1) is 0 Å². The average Bonchev–Trinajstić information content (AvgIpc) is 2.60. The molecule has 0 aliphatic rings. The number of aryl methyl sites for hydroxylation is 1. The van der Waals surface area contributed by atoms with Crippen molar-refractivity contribution in [1.82, 2.24) is 4.90 Å². The maximum atomic E-state index is 4.23. The van der Waals surface area contributed by atoms with Crippen molar-refractivity contribution in [2.45, 2.75) is 47.5 Å². The third kappa shape index (κ3) is 5.91. The molecule has 0 saturated heterocycles. The van der Waals surface area contributed by atoms with E-state index in [4.69, 9.17) is 0 Å². The van der Waals surface area contributed by atoms with Gasteiger partial charge in [0.15, 0.2) is 0 Å². The van der Waals surface area contributed by atoms with Gasteiger partial charge in [0, 0.05) is 25.4 Å². The Hall–Kier alpha value is -2.28. The number of rotatable bonds is 8. The molecular formula is C25H35N. The summed E-state index contributed by atoms with van der Waals surface area (Å²) >= 11 is 0. The molecule has 0 radical (unpaired) electrons. The largest absolute Gasteiger partial charge is 0.381 e. The van der Waals surface area contributed by atoms with Crippen LogP contribution in [0.1, 0.15) is 52.2 Å². The summed E-state index contributed by atoms with van der Waals surface area (Å²) in [4.78, 5) is 2.15. The Morgan fingerprint density at radius 3 is 2.12 bits per heavy atom. The Labute approximate surface area is 161 Å². The van der Waals surface area contributed by atoms with Crippen LogP contribution >= 0.6 is 0 Å². The van der Waals surface area contributed by atoms with Crippen LogP contribution < -0.4 is 0 Å². The van der Waals surface area contributed by atoms with Crippen molar-refractivity contribution in [2.24, 2.45) is 0 Å². The molecule has 0 heterocycles. The van der Waals surface area contributed by atoms with Crippen LogP contribution in [0.25, 0.3) is 6.08 Å². The quantitative estimate of drug-likeness (QED) is 0.459. The fraction of sp³-hybridized carbons (Fsp3) is 0.360. The molecule has 26 heavy (non-hydrogen) atoms. The van der Waals surface area contributed by atoms with E-state index in [1.165, 1.54) is 40.0 Å². The predicted octanol–water partition coefficient (Wildman–Crippen LogP) is 6.96. The molecule has 1 heteroatoms. The molecule has 1 rings (SSSR count). The van der Waals surface area contributed by atoms with Gasteiger partial charge < -0.3 is 4.90 Å². The first-order valence-electron chi connectivity index (χ1n) is 9.50. The summed E-state index contributed by atoms with van der Waals surface area (Å²) in [6.07, 6.45) is 11.0. The van der Waals surface area contributed by atoms with Gasteiger partial charge in [0.25, 0.3) is 0 Å². The van der Waals surface area contributed by atoms with Crippen molar-refractivity contribution in [1.29, 1.82) is 0 Å². The summed E-state index contributed by atoms with van der Waals surface area (Å²) in [5.41, 5.74) is 8.56. The lowest BCUT2D eigenvalue weighted by Crippen LogP contribution is -2.13. The van der Waals surface area contributed by atoms with Gasteiger partial charge in [-0.15, -0.1) is 0 Å². The zero-order valence-corrected chi connectivity index (χ0v) is 17.7. The first-order chi connectivity index (χ1) is 12.3. The molecule has 0 unspecified atom stereocenters. The minimum atomic E-state index is 1.08. The van der Waals surface area contributed by atoms with Crippen molar-refractivity contribution in [3.63, 3.8) is 0 Å². The van der Waals surface area contributed by atoms with Crippen LogP contribution in [0.3, 0.4) is 0 Å². The average molecular weight is 350 g/mol. The standard InChI is InChI=1S/C25H35N/c1-9-12-21-14-16-22(17-15-21)18-23(13-10-2)24(11-3)25(19(4)5)20(6)26(7)8/h10-11,13-18H,4,9,12H2,1-3,5-8H3/b13-10-,23-18+,24-11-,25-20?. The molecular weight excluding hydrogens is 314 g/mol. The van der Waals surface area contributed by atoms with Gasteiger partial charge in [-0.2, -0.15) is 0 Å². The summed E-state index contributed by atoms with van der Waals surface area (Å²) in [5, 5.41) is 0. The highest BCUT2D eigenvalue weighted by atomic mass is 15.1. The molecule has 1 aromatic rings. The van der Waals surface area contributed by atoms with E-state index < -0.39 is 0 Å². The lowest BCUT2D eigenvalue weighted by Gasteiger charge is -2.22. The Morgan fingerprint density at radius 1 is 1.08 bits per heavy atom. The van der Waals surface area contributed by atoms with Crippen LogP contribution in [0.4, 0.5) is 0 Å². The SMILES string of the molecule is C=C(C)C(=C(C)N(C)C)C(=C\C)/C(/C=C\C)=C/c1ccc(CCC)cc1. The highest BCUT2D eigenvalue weighted by Crippen LogP contribution is 2.30. The lowest BCUT2D eigenvalue weighted by molar-refractivity contribution is 0.509. The van der Waals surface area contributed by atoms with Gasteiger partial charge in [-0.05, 0) is 68.0 Å². The van der Waals surface area contributed by atoms with Crippen LogP contribution in [-0.4, -0.2) is 19.0 Å². The predicted molar refractivity (Wildman–Crippen MR) is 118 cm³/mol. The second-order valence-corrected chi connectivity index (χ2v) is 6.93. The van der Waals surface area contributed by atoms with E-state index >= 15 is 0 Å². The van der Waals surface area contributed by atoms with Crippen LogP contribution in [0.2, 0.25) is 0 Å². The second kappa shape index (κ2) is 10.7. The van der Waals surface area contributed by atoms with Crippen molar-refractivity contribution in [3.8, 4) is 0 Å². The zero-order chi connectivity index (χ0) is 19.7. The number of hydrogen-bond acceptors (Lipinski definition) is 1. The van der Waals surface area contributed by atoms with E-state index in [1.54, 1.807) is 0 Å². The van der Waals surface area contributed by atoms with E-state index in [2.05, 4.69) is 109 Å². The third-order valence-electron chi connectivity index (χ3n) is 4.52. The maximum Gasteiger partial charge on any atom is 0.0178 e. The van der Waals surface area contributed by atoms with E-state index in [0.29, 0.717) is 0 Å². The zero-order valence-electron chi connectivity index (χ0n) is 17.7. The van der Waals surface area contributed by atoms with E-state index in [-0.39, 0.29) is 0 Å². The third-order valence-corrected chi connectivity index (χ3v) is 4.52. The van der Waals surface area contributed by atoms with Gasteiger partial charge in [0.1, 0.15) is 0 Å². The molecule has 1 aromatic carbocycles. The molecule has 0 spiro atoms. The van der Waals surface area contributed by atoms with Gasteiger partial charge in [-0.3, -0.25) is 0 Å². The van der Waals surface area contributed by atoms with E-state index in [0.717, 1.165) is 12.0 Å². The topological polar surface area (TPSA) is 3.24 Å². The normalized spacial score (nSPS) is 13.8. The minimum Gasteiger partial charge on any atom is -0.381 e. The second-order valence-electron chi connectivity index (χ2n) is 6.93. The molecule has 140 valence electrons.